The van der Waals surface area contributed by atoms with E-state index in [9.17, 15) is 13.2 Å². The maximum Gasteiger partial charge on any atom is 0.251 e. The number of nitrogens with zero attached hydrogens (tertiary/aromatic N) is 2. The van der Waals surface area contributed by atoms with Gasteiger partial charge < -0.3 is 10.2 Å². The molecule has 2 aromatic rings. The van der Waals surface area contributed by atoms with Crippen LogP contribution in [0.25, 0.3) is 0 Å². The SMILES string of the molecule is Cc1ccc(C(=O)NCCCN2c3ccccc3CC2C)cc1N1CCCCS1(=O)=O. The average molecular weight is 442 g/mol. The van der Waals surface area contributed by atoms with Crippen molar-refractivity contribution in [1.29, 1.82) is 0 Å². The second-order valence-electron chi connectivity index (χ2n) is 8.58. The molecule has 1 fully saturated rings. The summed E-state index contributed by atoms with van der Waals surface area (Å²) in [5.41, 5.74) is 4.67. The zero-order chi connectivity index (χ0) is 22.0. The third-order valence-corrected chi connectivity index (χ3v) is 8.15. The first-order valence-corrected chi connectivity index (χ1v) is 12.7. The third kappa shape index (κ3) is 4.56. The maximum absolute atomic E-state index is 12.7. The predicted molar refractivity (Wildman–Crippen MR) is 125 cm³/mol. The van der Waals surface area contributed by atoms with Gasteiger partial charge in [0.25, 0.3) is 5.91 Å². The van der Waals surface area contributed by atoms with Crippen LogP contribution in [-0.4, -0.2) is 45.8 Å². The van der Waals surface area contributed by atoms with Crippen LogP contribution in [0.5, 0.6) is 0 Å². The van der Waals surface area contributed by atoms with Crippen LogP contribution in [0.3, 0.4) is 0 Å². The lowest BCUT2D eigenvalue weighted by molar-refractivity contribution is 0.0953. The second kappa shape index (κ2) is 8.91. The van der Waals surface area contributed by atoms with Crippen LogP contribution in [0.4, 0.5) is 11.4 Å². The zero-order valence-electron chi connectivity index (χ0n) is 18.3. The molecule has 31 heavy (non-hydrogen) atoms. The van der Waals surface area contributed by atoms with E-state index >= 15 is 0 Å². The van der Waals surface area contributed by atoms with E-state index in [-0.39, 0.29) is 11.7 Å². The summed E-state index contributed by atoms with van der Waals surface area (Å²) in [6.07, 6.45) is 3.45. The number of benzene rings is 2. The van der Waals surface area contributed by atoms with E-state index in [0.717, 1.165) is 31.4 Å². The monoisotopic (exact) mass is 441 g/mol. The average Bonchev–Trinajstić information content (AvgIpc) is 3.06. The molecule has 0 bridgehead atoms. The minimum absolute atomic E-state index is 0.162. The van der Waals surface area contributed by atoms with Gasteiger partial charge in [0.2, 0.25) is 10.0 Å². The number of rotatable bonds is 6. The van der Waals surface area contributed by atoms with Crippen molar-refractivity contribution >= 4 is 27.3 Å². The summed E-state index contributed by atoms with van der Waals surface area (Å²) in [5, 5.41) is 3.00. The van der Waals surface area contributed by atoms with Gasteiger partial charge in [-0.3, -0.25) is 9.10 Å². The van der Waals surface area contributed by atoms with E-state index in [1.807, 2.05) is 13.0 Å². The Bertz CT molecular complexity index is 1070. The van der Waals surface area contributed by atoms with Crippen molar-refractivity contribution in [3.63, 3.8) is 0 Å². The fraction of sp³-hybridized carbons (Fsp3) is 0.458. The number of aryl methyl sites for hydroxylation is 1. The van der Waals surface area contributed by atoms with Crippen LogP contribution in [0.15, 0.2) is 42.5 Å². The Kier molecular flexibility index (Phi) is 6.23. The molecule has 2 heterocycles. The minimum Gasteiger partial charge on any atom is -0.368 e. The molecule has 1 amide bonds. The number of hydrogen-bond donors (Lipinski definition) is 1. The summed E-state index contributed by atoms with van der Waals surface area (Å²) in [5.74, 6) is 0.00603. The molecule has 0 saturated carbocycles. The van der Waals surface area contributed by atoms with Crippen molar-refractivity contribution in [1.82, 2.24) is 5.32 Å². The minimum atomic E-state index is -3.31. The Labute approximate surface area is 185 Å². The summed E-state index contributed by atoms with van der Waals surface area (Å²) in [6, 6.07) is 14.3. The van der Waals surface area contributed by atoms with Crippen molar-refractivity contribution in [3.05, 3.63) is 59.2 Å². The van der Waals surface area contributed by atoms with E-state index in [1.54, 1.807) is 12.1 Å². The number of nitrogens with one attached hydrogen (secondary N) is 1. The molecule has 1 N–H and O–H groups in total. The molecule has 0 spiro atoms. The fourth-order valence-electron chi connectivity index (χ4n) is 4.60. The van der Waals surface area contributed by atoms with E-state index in [0.29, 0.717) is 36.8 Å². The first kappa shape index (κ1) is 21.7. The number of carbonyl (C=O) groups excluding carboxylic acids is 1. The highest BCUT2D eigenvalue weighted by atomic mass is 32.2. The quantitative estimate of drug-likeness (QED) is 0.697. The lowest BCUT2D eigenvalue weighted by Crippen LogP contribution is -2.38. The Morgan fingerprint density at radius 1 is 1.13 bits per heavy atom. The normalized spacial score (nSPS) is 19.9. The van der Waals surface area contributed by atoms with Gasteiger partial charge in [-0.1, -0.05) is 24.3 Å². The van der Waals surface area contributed by atoms with Gasteiger partial charge in [0.15, 0.2) is 0 Å². The van der Waals surface area contributed by atoms with Crippen LogP contribution >= 0.6 is 0 Å². The van der Waals surface area contributed by atoms with Gasteiger partial charge in [-0.05, 0) is 68.9 Å². The van der Waals surface area contributed by atoms with E-state index in [4.69, 9.17) is 0 Å². The first-order valence-electron chi connectivity index (χ1n) is 11.1. The molecule has 6 nitrogen and oxygen atoms in total. The standard InChI is InChI=1S/C24H31N3O3S/c1-18-10-11-21(17-23(18)27-14-5-6-15-31(27,29)30)24(28)25-12-7-13-26-19(2)16-20-8-3-4-9-22(20)26/h3-4,8-11,17,19H,5-7,12-16H2,1-2H3,(H,25,28). The van der Waals surface area contributed by atoms with E-state index in [2.05, 4.69) is 41.4 Å². The van der Waals surface area contributed by atoms with Crippen molar-refractivity contribution < 1.29 is 13.2 Å². The molecule has 7 heteroatoms. The number of amides is 1. The molecular weight excluding hydrogens is 410 g/mol. The van der Waals surface area contributed by atoms with Crippen LogP contribution in [0.1, 0.15) is 47.7 Å². The highest BCUT2D eigenvalue weighted by molar-refractivity contribution is 7.92. The highest BCUT2D eigenvalue weighted by Gasteiger charge is 2.28. The molecule has 4 rings (SSSR count). The maximum atomic E-state index is 12.7. The molecule has 1 saturated heterocycles. The highest BCUT2D eigenvalue weighted by Crippen LogP contribution is 2.31. The fourth-order valence-corrected chi connectivity index (χ4v) is 6.30. The number of carbonyl (C=O) groups is 1. The second-order valence-corrected chi connectivity index (χ2v) is 10.6. The Balaban J connectivity index is 1.36. The summed E-state index contributed by atoms with van der Waals surface area (Å²) < 4.78 is 26.4. The van der Waals surface area contributed by atoms with Crippen molar-refractivity contribution in [2.75, 3.05) is 34.6 Å². The Hall–Kier alpha value is -2.54. The summed E-state index contributed by atoms with van der Waals surface area (Å²) in [7, 11) is -3.31. The summed E-state index contributed by atoms with van der Waals surface area (Å²) in [6.45, 7) is 6.07. The van der Waals surface area contributed by atoms with Crippen LogP contribution < -0.4 is 14.5 Å². The van der Waals surface area contributed by atoms with Gasteiger partial charge in [-0.2, -0.15) is 0 Å². The Morgan fingerprint density at radius 3 is 2.74 bits per heavy atom. The molecular formula is C24H31N3O3S. The number of sulfonamides is 1. The van der Waals surface area contributed by atoms with Gasteiger partial charge in [-0.15, -0.1) is 0 Å². The van der Waals surface area contributed by atoms with E-state index < -0.39 is 10.0 Å². The predicted octanol–water partition coefficient (Wildman–Crippen LogP) is 3.50. The first-order chi connectivity index (χ1) is 14.9. The van der Waals surface area contributed by atoms with Gasteiger partial charge in [0, 0.05) is 36.9 Å². The summed E-state index contributed by atoms with van der Waals surface area (Å²) in [4.78, 5) is 15.1. The van der Waals surface area contributed by atoms with Crippen molar-refractivity contribution in [2.45, 2.75) is 45.6 Å². The van der Waals surface area contributed by atoms with Crippen molar-refractivity contribution in [3.8, 4) is 0 Å². The summed E-state index contributed by atoms with van der Waals surface area (Å²) >= 11 is 0. The molecule has 0 radical (unpaired) electrons. The van der Waals surface area contributed by atoms with Gasteiger partial charge in [0.1, 0.15) is 0 Å². The van der Waals surface area contributed by atoms with Crippen LogP contribution in [-0.2, 0) is 16.4 Å². The topological polar surface area (TPSA) is 69.7 Å². The zero-order valence-corrected chi connectivity index (χ0v) is 19.1. The molecule has 0 aliphatic carbocycles. The third-order valence-electron chi connectivity index (χ3n) is 6.30. The largest absolute Gasteiger partial charge is 0.368 e. The number of hydrogen-bond acceptors (Lipinski definition) is 4. The van der Waals surface area contributed by atoms with Crippen molar-refractivity contribution in [2.24, 2.45) is 0 Å². The molecule has 2 aliphatic heterocycles. The molecule has 0 aromatic heterocycles. The Morgan fingerprint density at radius 2 is 1.94 bits per heavy atom. The van der Waals surface area contributed by atoms with Gasteiger partial charge >= 0.3 is 0 Å². The number of para-hydroxylation sites is 1. The lowest BCUT2D eigenvalue weighted by Gasteiger charge is -2.29. The number of fused-ring (bicyclic) bond motifs is 1. The molecule has 2 aromatic carbocycles. The van der Waals surface area contributed by atoms with E-state index in [1.165, 1.54) is 15.6 Å². The molecule has 1 atom stereocenters. The molecule has 1 unspecified atom stereocenters. The van der Waals surface area contributed by atoms with Crippen LogP contribution in [0, 0.1) is 6.92 Å². The molecule has 2 aliphatic rings. The number of anilines is 2. The van der Waals surface area contributed by atoms with Gasteiger partial charge in [-0.25, -0.2) is 8.42 Å². The smallest absolute Gasteiger partial charge is 0.251 e. The van der Waals surface area contributed by atoms with Crippen LogP contribution in [0.2, 0.25) is 0 Å². The lowest BCUT2D eigenvalue weighted by atomic mass is 10.1. The molecule has 166 valence electrons. The van der Waals surface area contributed by atoms with Gasteiger partial charge in [0.05, 0.1) is 11.4 Å².